The fourth-order valence-electron chi connectivity index (χ4n) is 3.08. The van der Waals surface area contributed by atoms with Gasteiger partial charge < -0.3 is 14.6 Å². The lowest BCUT2D eigenvalue weighted by Crippen LogP contribution is -2.37. The summed E-state index contributed by atoms with van der Waals surface area (Å²) in [5.74, 6) is 0.944. The number of methoxy groups -OCH3 is 1. The van der Waals surface area contributed by atoms with E-state index in [2.05, 4.69) is 19.8 Å². The molecule has 6 heteroatoms. The summed E-state index contributed by atoms with van der Waals surface area (Å²) in [5.41, 5.74) is 1.19. The Balaban J connectivity index is 1.37. The van der Waals surface area contributed by atoms with Crippen LogP contribution in [0.4, 0.5) is 0 Å². The molecular weight excluding hydrogens is 304 g/mol. The molecule has 1 aliphatic heterocycles. The summed E-state index contributed by atoms with van der Waals surface area (Å²) in [6, 6.07) is 8.37. The Hall–Kier alpha value is -2.34. The van der Waals surface area contributed by atoms with Crippen molar-refractivity contribution in [2.45, 2.75) is 18.9 Å². The lowest BCUT2D eigenvalue weighted by Gasteiger charge is -2.16. The van der Waals surface area contributed by atoms with Gasteiger partial charge in [-0.1, -0.05) is 12.1 Å². The highest BCUT2D eigenvalue weighted by Gasteiger charge is 2.24. The molecule has 0 radical (unpaired) electrons. The molecule has 1 aromatic carbocycles. The first-order valence-electron chi connectivity index (χ1n) is 8.34. The summed E-state index contributed by atoms with van der Waals surface area (Å²) in [7, 11) is 1.66. The maximum atomic E-state index is 12.1. The Morgan fingerprint density at radius 3 is 2.92 bits per heavy atom. The number of aromatic nitrogens is 2. The van der Waals surface area contributed by atoms with Gasteiger partial charge in [0, 0.05) is 38.1 Å². The van der Waals surface area contributed by atoms with Crippen molar-refractivity contribution < 1.29 is 9.53 Å². The van der Waals surface area contributed by atoms with Gasteiger partial charge in [0.2, 0.25) is 5.91 Å². The third-order valence-electron chi connectivity index (χ3n) is 4.46. The zero-order chi connectivity index (χ0) is 16.8. The van der Waals surface area contributed by atoms with Crippen LogP contribution in [-0.2, 0) is 11.2 Å². The number of hydrogen-bond acceptors (Lipinski definition) is 4. The van der Waals surface area contributed by atoms with Crippen LogP contribution in [0.25, 0.3) is 0 Å². The number of benzene rings is 1. The number of likely N-dealkylation sites (tertiary alicyclic amines) is 1. The Bertz CT molecular complexity index is 640. The number of carbonyl (C=O) groups is 1. The number of ether oxygens (including phenoxy) is 1. The average Bonchev–Trinajstić information content (AvgIpc) is 3.27. The van der Waals surface area contributed by atoms with E-state index in [9.17, 15) is 4.79 Å². The van der Waals surface area contributed by atoms with Crippen molar-refractivity contribution in [2.24, 2.45) is 0 Å². The molecule has 1 N–H and O–H groups in total. The fourth-order valence-corrected chi connectivity index (χ4v) is 3.08. The highest BCUT2D eigenvalue weighted by molar-refractivity contribution is 5.78. The van der Waals surface area contributed by atoms with Crippen LogP contribution < -0.4 is 10.1 Å². The molecule has 1 amide bonds. The molecular formula is C18H24N4O2. The number of imidazole rings is 1. The van der Waals surface area contributed by atoms with Crippen molar-refractivity contribution in [1.29, 1.82) is 0 Å². The van der Waals surface area contributed by atoms with Crippen molar-refractivity contribution in [2.75, 3.05) is 33.3 Å². The molecule has 128 valence electrons. The predicted molar refractivity (Wildman–Crippen MR) is 92.0 cm³/mol. The molecule has 0 spiro atoms. The first-order chi connectivity index (χ1) is 11.7. The van der Waals surface area contributed by atoms with Crippen molar-refractivity contribution in [3.63, 3.8) is 0 Å². The minimum Gasteiger partial charge on any atom is -0.497 e. The Kier molecular flexibility index (Phi) is 5.48. The Morgan fingerprint density at radius 2 is 2.21 bits per heavy atom. The van der Waals surface area contributed by atoms with Crippen molar-refractivity contribution in [1.82, 2.24) is 19.8 Å². The van der Waals surface area contributed by atoms with Crippen LogP contribution in [0.5, 0.6) is 5.75 Å². The predicted octanol–water partition coefficient (Wildman–Crippen LogP) is 1.50. The normalized spacial score (nSPS) is 17.8. The second-order valence-electron chi connectivity index (χ2n) is 6.14. The molecule has 0 aliphatic carbocycles. The van der Waals surface area contributed by atoms with Crippen LogP contribution >= 0.6 is 0 Å². The van der Waals surface area contributed by atoms with Gasteiger partial charge in [0.1, 0.15) is 5.75 Å². The van der Waals surface area contributed by atoms with E-state index in [0.717, 1.165) is 31.7 Å². The second kappa shape index (κ2) is 7.97. The first-order valence-corrected chi connectivity index (χ1v) is 8.34. The third kappa shape index (κ3) is 4.35. The maximum absolute atomic E-state index is 12.1. The molecule has 1 aliphatic rings. The number of carbonyl (C=O) groups excluding carboxylic acids is 1. The quantitative estimate of drug-likeness (QED) is 0.837. The van der Waals surface area contributed by atoms with Crippen LogP contribution in [0.2, 0.25) is 0 Å². The number of hydrogen-bond donors (Lipinski definition) is 1. The van der Waals surface area contributed by atoms with E-state index in [1.54, 1.807) is 13.3 Å². The van der Waals surface area contributed by atoms with Crippen molar-refractivity contribution in [3.8, 4) is 5.75 Å². The molecule has 1 atom stereocenters. The zero-order valence-electron chi connectivity index (χ0n) is 14.0. The maximum Gasteiger partial charge on any atom is 0.234 e. The SMILES string of the molecule is COc1ccc(CCNC(=O)CN2CC[C@@H](n3ccnc3)C2)cc1. The van der Waals surface area contributed by atoms with Crippen LogP contribution in [0, 0.1) is 0 Å². The zero-order valence-corrected chi connectivity index (χ0v) is 14.0. The van der Waals surface area contributed by atoms with Crippen molar-refractivity contribution >= 4 is 5.91 Å². The summed E-state index contributed by atoms with van der Waals surface area (Å²) < 4.78 is 7.27. The molecule has 1 saturated heterocycles. The molecule has 6 nitrogen and oxygen atoms in total. The summed E-state index contributed by atoms with van der Waals surface area (Å²) in [6.07, 6.45) is 7.53. The molecule has 2 heterocycles. The van der Waals surface area contributed by atoms with E-state index in [1.807, 2.05) is 36.8 Å². The lowest BCUT2D eigenvalue weighted by molar-refractivity contribution is -0.122. The third-order valence-corrected chi connectivity index (χ3v) is 4.46. The monoisotopic (exact) mass is 328 g/mol. The van der Waals surface area contributed by atoms with Gasteiger partial charge in [-0.2, -0.15) is 0 Å². The van der Waals surface area contributed by atoms with Gasteiger partial charge in [0.05, 0.1) is 20.0 Å². The smallest absolute Gasteiger partial charge is 0.234 e. The van der Waals surface area contributed by atoms with Crippen LogP contribution in [0.3, 0.4) is 0 Å². The van der Waals surface area contributed by atoms with Gasteiger partial charge in [-0.25, -0.2) is 4.98 Å². The van der Waals surface area contributed by atoms with Gasteiger partial charge in [0.15, 0.2) is 0 Å². The fraction of sp³-hybridized carbons (Fsp3) is 0.444. The first kappa shape index (κ1) is 16.5. The van der Waals surface area contributed by atoms with Gasteiger partial charge in [-0.15, -0.1) is 0 Å². The molecule has 1 fully saturated rings. The molecule has 1 aromatic heterocycles. The number of nitrogens with one attached hydrogen (secondary N) is 1. The van der Waals surface area contributed by atoms with Gasteiger partial charge in [-0.3, -0.25) is 9.69 Å². The summed E-state index contributed by atoms with van der Waals surface area (Å²) in [4.78, 5) is 18.4. The van der Waals surface area contributed by atoms with Crippen LogP contribution in [0.1, 0.15) is 18.0 Å². The summed E-state index contributed by atoms with van der Waals surface area (Å²) in [5, 5.41) is 3.01. The van der Waals surface area contributed by atoms with E-state index in [0.29, 0.717) is 19.1 Å². The van der Waals surface area contributed by atoms with Gasteiger partial charge in [-0.05, 0) is 30.5 Å². The van der Waals surface area contributed by atoms with E-state index >= 15 is 0 Å². The van der Waals surface area contributed by atoms with Gasteiger partial charge >= 0.3 is 0 Å². The molecule has 0 bridgehead atoms. The largest absolute Gasteiger partial charge is 0.497 e. The van der Waals surface area contributed by atoms with Crippen LogP contribution in [0.15, 0.2) is 43.0 Å². The standard InChI is InChI=1S/C18H24N4O2/c1-24-17-4-2-15(3-5-17)6-8-20-18(23)13-21-10-7-16(12-21)22-11-9-19-14-22/h2-5,9,11,14,16H,6-8,10,12-13H2,1H3,(H,20,23)/t16-/m1/s1. The minimum atomic E-state index is 0.0924. The highest BCUT2D eigenvalue weighted by atomic mass is 16.5. The molecule has 0 saturated carbocycles. The Morgan fingerprint density at radius 1 is 1.38 bits per heavy atom. The second-order valence-corrected chi connectivity index (χ2v) is 6.14. The number of rotatable bonds is 7. The van der Waals surface area contributed by atoms with E-state index in [4.69, 9.17) is 4.74 Å². The van der Waals surface area contributed by atoms with E-state index < -0.39 is 0 Å². The molecule has 3 rings (SSSR count). The number of nitrogens with zero attached hydrogens (tertiary/aromatic N) is 3. The topological polar surface area (TPSA) is 59.4 Å². The molecule has 0 unspecified atom stereocenters. The summed E-state index contributed by atoms with van der Waals surface area (Å²) in [6.45, 7) is 2.98. The average molecular weight is 328 g/mol. The van der Waals surface area contributed by atoms with E-state index in [1.165, 1.54) is 5.56 Å². The number of amides is 1. The highest BCUT2D eigenvalue weighted by Crippen LogP contribution is 2.20. The Labute approximate surface area is 142 Å². The van der Waals surface area contributed by atoms with E-state index in [-0.39, 0.29) is 5.91 Å². The van der Waals surface area contributed by atoms with Crippen LogP contribution in [-0.4, -0.2) is 53.6 Å². The van der Waals surface area contributed by atoms with Gasteiger partial charge in [0.25, 0.3) is 0 Å². The molecule has 24 heavy (non-hydrogen) atoms. The lowest BCUT2D eigenvalue weighted by atomic mass is 10.1. The van der Waals surface area contributed by atoms with Crippen molar-refractivity contribution in [3.05, 3.63) is 48.5 Å². The minimum absolute atomic E-state index is 0.0924. The molecule has 2 aromatic rings. The summed E-state index contributed by atoms with van der Waals surface area (Å²) >= 11 is 0.